The minimum Gasteiger partial charge on any atom is -0.457 e. The van der Waals surface area contributed by atoms with E-state index < -0.39 is 6.04 Å². The fourth-order valence-electron chi connectivity index (χ4n) is 2.00. The van der Waals surface area contributed by atoms with Crippen LogP contribution in [0, 0.1) is 0 Å². The van der Waals surface area contributed by atoms with Gasteiger partial charge < -0.3 is 15.8 Å². The quantitative estimate of drug-likeness (QED) is 0.780. The zero-order valence-electron chi connectivity index (χ0n) is 13.2. The van der Waals surface area contributed by atoms with E-state index >= 15 is 0 Å². The highest BCUT2D eigenvalue weighted by molar-refractivity contribution is 7.98. The largest absolute Gasteiger partial charge is 0.457 e. The maximum absolute atomic E-state index is 11.9. The summed E-state index contributed by atoms with van der Waals surface area (Å²) < 4.78 is 5.73. The van der Waals surface area contributed by atoms with Gasteiger partial charge in [-0.1, -0.05) is 30.3 Å². The van der Waals surface area contributed by atoms with Gasteiger partial charge in [0.05, 0.1) is 6.04 Å². The van der Waals surface area contributed by atoms with E-state index in [9.17, 15) is 4.79 Å². The summed E-state index contributed by atoms with van der Waals surface area (Å²) in [5, 5.41) is 2.86. The topological polar surface area (TPSA) is 64.4 Å². The van der Waals surface area contributed by atoms with Crippen LogP contribution in [0.25, 0.3) is 0 Å². The first-order chi connectivity index (χ1) is 11.2. The molecule has 0 aromatic heterocycles. The van der Waals surface area contributed by atoms with Crippen molar-refractivity contribution in [2.24, 2.45) is 5.73 Å². The van der Waals surface area contributed by atoms with Crippen molar-refractivity contribution >= 4 is 17.7 Å². The van der Waals surface area contributed by atoms with Crippen LogP contribution >= 0.6 is 11.8 Å². The van der Waals surface area contributed by atoms with Crippen molar-refractivity contribution in [3.63, 3.8) is 0 Å². The predicted molar refractivity (Wildman–Crippen MR) is 95.8 cm³/mol. The van der Waals surface area contributed by atoms with Gasteiger partial charge in [-0.25, -0.2) is 0 Å². The number of nitrogens with one attached hydrogen (secondary N) is 1. The predicted octanol–water partition coefficient (Wildman–Crippen LogP) is 3.18. The summed E-state index contributed by atoms with van der Waals surface area (Å²) in [6.07, 6.45) is 2.69. The van der Waals surface area contributed by atoms with Crippen LogP contribution in [0.3, 0.4) is 0 Å². The van der Waals surface area contributed by atoms with E-state index in [4.69, 9.17) is 10.5 Å². The molecule has 1 amide bonds. The highest BCUT2D eigenvalue weighted by atomic mass is 32.2. The van der Waals surface area contributed by atoms with Crippen LogP contribution in [0.4, 0.5) is 0 Å². The summed E-state index contributed by atoms with van der Waals surface area (Å²) in [7, 11) is 0. The average molecular weight is 330 g/mol. The van der Waals surface area contributed by atoms with Gasteiger partial charge in [0, 0.05) is 6.54 Å². The molecule has 2 aromatic rings. The third-order valence-corrected chi connectivity index (χ3v) is 3.98. The Morgan fingerprint density at radius 3 is 2.43 bits per heavy atom. The van der Waals surface area contributed by atoms with E-state index in [0.29, 0.717) is 13.0 Å². The lowest BCUT2D eigenvalue weighted by Crippen LogP contribution is -2.40. The molecule has 0 aliphatic rings. The Morgan fingerprint density at radius 2 is 1.78 bits per heavy atom. The van der Waals surface area contributed by atoms with Crippen molar-refractivity contribution in [1.29, 1.82) is 0 Å². The minimum atomic E-state index is -0.442. The molecule has 4 nitrogen and oxygen atoms in total. The van der Waals surface area contributed by atoms with Crippen LogP contribution < -0.4 is 15.8 Å². The lowest BCUT2D eigenvalue weighted by molar-refractivity contribution is -0.122. The van der Waals surface area contributed by atoms with E-state index in [1.807, 2.05) is 60.9 Å². The van der Waals surface area contributed by atoms with E-state index in [0.717, 1.165) is 22.8 Å². The lowest BCUT2D eigenvalue weighted by atomic mass is 10.2. The number of carbonyl (C=O) groups is 1. The smallest absolute Gasteiger partial charge is 0.237 e. The van der Waals surface area contributed by atoms with Crippen LogP contribution in [0.15, 0.2) is 54.6 Å². The standard InChI is InChI=1S/C18H22N2O2S/c1-23-12-11-17(19)18(21)20-13-14-7-9-16(10-8-14)22-15-5-3-2-4-6-15/h2-10,17H,11-13,19H2,1H3,(H,20,21)/t17-/m0/s1. The Balaban J connectivity index is 1.82. The Bertz CT molecular complexity index is 602. The Labute approximate surface area is 141 Å². The molecule has 0 saturated heterocycles. The number of rotatable bonds is 8. The molecule has 23 heavy (non-hydrogen) atoms. The molecule has 1 atom stereocenters. The molecule has 122 valence electrons. The summed E-state index contributed by atoms with van der Waals surface area (Å²) in [4.78, 5) is 11.9. The van der Waals surface area contributed by atoms with Gasteiger partial charge in [-0.05, 0) is 48.3 Å². The van der Waals surface area contributed by atoms with Gasteiger partial charge in [0.25, 0.3) is 0 Å². The van der Waals surface area contributed by atoms with E-state index in [1.54, 1.807) is 11.8 Å². The molecular formula is C18H22N2O2S. The number of ether oxygens (including phenoxy) is 1. The van der Waals surface area contributed by atoms with Crippen LogP contribution in [-0.2, 0) is 11.3 Å². The summed E-state index contributed by atoms with van der Waals surface area (Å²) in [5.74, 6) is 2.35. The number of para-hydroxylation sites is 1. The van der Waals surface area contributed by atoms with Crippen molar-refractivity contribution in [3.8, 4) is 11.5 Å². The Hall–Kier alpha value is -1.98. The van der Waals surface area contributed by atoms with Crippen LogP contribution in [0.1, 0.15) is 12.0 Å². The van der Waals surface area contributed by atoms with Crippen molar-refractivity contribution in [2.45, 2.75) is 19.0 Å². The lowest BCUT2D eigenvalue weighted by Gasteiger charge is -2.12. The number of hydrogen-bond acceptors (Lipinski definition) is 4. The van der Waals surface area contributed by atoms with Crippen molar-refractivity contribution in [1.82, 2.24) is 5.32 Å². The van der Waals surface area contributed by atoms with Gasteiger partial charge in [-0.3, -0.25) is 4.79 Å². The zero-order valence-corrected chi connectivity index (χ0v) is 14.0. The minimum absolute atomic E-state index is 0.108. The van der Waals surface area contributed by atoms with Gasteiger partial charge in [-0.15, -0.1) is 0 Å². The molecule has 0 saturated carbocycles. The molecule has 0 aliphatic carbocycles. The van der Waals surface area contributed by atoms with E-state index in [2.05, 4.69) is 5.32 Å². The Morgan fingerprint density at radius 1 is 1.13 bits per heavy atom. The average Bonchev–Trinajstić information content (AvgIpc) is 2.59. The molecule has 0 bridgehead atoms. The second-order valence-electron chi connectivity index (χ2n) is 5.16. The molecule has 5 heteroatoms. The summed E-state index contributed by atoms with van der Waals surface area (Å²) in [6.45, 7) is 0.470. The van der Waals surface area contributed by atoms with Gasteiger partial charge in [0.1, 0.15) is 11.5 Å². The zero-order chi connectivity index (χ0) is 16.5. The summed E-state index contributed by atoms with van der Waals surface area (Å²) >= 11 is 1.69. The monoisotopic (exact) mass is 330 g/mol. The molecule has 2 aromatic carbocycles. The highest BCUT2D eigenvalue weighted by Crippen LogP contribution is 2.21. The number of carbonyl (C=O) groups excluding carboxylic acids is 1. The highest BCUT2D eigenvalue weighted by Gasteiger charge is 2.12. The first-order valence-corrected chi connectivity index (χ1v) is 8.92. The van der Waals surface area contributed by atoms with E-state index in [-0.39, 0.29) is 5.91 Å². The van der Waals surface area contributed by atoms with Gasteiger partial charge in [-0.2, -0.15) is 11.8 Å². The van der Waals surface area contributed by atoms with Crippen LogP contribution in [0.2, 0.25) is 0 Å². The molecule has 0 aliphatic heterocycles. The summed E-state index contributed by atoms with van der Waals surface area (Å²) in [5.41, 5.74) is 6.84. The maximum atomic E-state index is 11.9. The number of benzene rings is 2. The third-order valence-electron chi connectivity index (χ3n) is 3.34. The van der Waals surface area contributed by atoms with Crippen LogP contribution in [-0.4, -0.2) is 24.0 Å². The summed E-state index contributed by atoms with van der Waals surface area (Å²) in [6, 6.07) is 16.8. The van der Waals surface area contributed by atoms with Crippen molar-refractivity contribution < 1.29 is 9.53 Å². The fourth-order valence-corrected chi connectivity index (χ4v) is 2.49. The molecule has 0 fully saturated rings. The van der Waals surface area contributed by atoms with Crippen molar-refractivity contribution in [3.05, 3.63) is 60.2 Å². The Kier molecular flexibility index (Phi) is 6.97. The molecule has 2 rings (SSSR count). The normalized spacial score (nSPS) is 11.7. The van der Waals surface area contributed by atoms with Gasteiger partial charge >= 0.3 is 0 Å². The molecule has 0 radical (unpaired) electrons. The van der Waals surface area contributed by atoms with Gasteiger partial charge in [0.2, 0.25) is 5.91 Å². The first-order valence-electron chi connectivity index (χ1n) is 7.53. The number of amides is 1. The number of thioether (sulfide) groups is 1. The molecule has 0 spiro atoms. The number of nitrogens with two attached hydrogens (primary N) is 1. The van der Waals surface area contributed by atoms with Crippen LogP contribution in [0.5, 0.6) is 11.5 Å². The first kappa shape index (κ1) is 17.4. The second-order valence-corrected chi connectivity index (χ2v) is 6.15. The maximum Gasteiger partial charge on any atom is 0.237 e. The molecular weight excluding hydrogens is 308 g/mol. The second kappa shape index (κ2) is 9.22. The van der Waals surface area contributed by atoms with Crippen molar-refractivity contribution in [2.75, 3.05) is 12.0 Å². The van der Waals surface area contributed by atoms with E-state index in [1.165, 1.54) is 0 Å². The molecule has 0 heterocycles. The SMILES string of the molecule is CSCC[C@H](N)C(=O)NCc1ccc(Oc2ccccc2)cc1. The number of hydrogen-bond donors (Lipinski definition) is 2. The fraction of sp³-hybridized carbons (Fsp3) is 0.278. The third kappa shape index (κ3) is 5.96. The van der Waals surface area contributed by atoms with Gasteiger partial charge in [0.15, 0.2) is 0 Å². The molecule has 0 unspecified atom stereocenters. The molecule has 3 N–H and O–H groups in total.